The second-order valence-electron chi connectivity index (χ2n) is 5.16. The zero-order valence-corrected chi connectivity index (χ0v) is 13.4. The van der Waals surface area contributed by atoms with Crippen molar-refractivity contribution >= 4 is 17.5 Å². The Bertz CT molecular complexity index is 775. The molecular formula is C16H20N4O3. The van der Waals surface area contributed by atoms with E-state index in [0.717, 1.165) is 0 Å². The molecule has 2 amide bonds. The van der Waals surface area contributed by atoms with Crippen LogP contribution in [0.2, 0.25) is 0 Å². The first-order valence-corrected chi connectivity index (χ1v) is 7.30. The van der Waals surface area contributed by atoms with Crippen LogP contribution in [-0.2, 0) is 16.6 Å². The monoisotopic (exact) mass is 316 g/mol. The molecule has 0 radical (unpaired) electrons. The Hall–Kier alpha value is -2.83. The minimum Gasteiger partial charge on any atom is -0.359 e. The average molecular weight is 316 g/mol. The number of rotatable bonds is 5. The number of benzene rings is 1. The normalized spacial score (nSPS) is 10.4. The van der Waals surface area contributed by atoms with Gasteiger partial charge in [0.2, 0.25) is 11.8 Å². The maximum atomic E-state index is 12.6. The maximum Gasteiger partial charge on any atom is 0.295 e. The number of nitrogens with one attached hydrogen (secondary N) is 2. The lowest BCUT2D eigenvalue weighted by Crippen LogP contribution is -2.24. The number of hydrogen-bond donors (Lipinski definition) is 2. The lowest BCUT2D eigenvalue weighted by atomic mass is 10.2. The van der Waals surface area contributed by atoms with Gasteiger partial charge in [0, 0.05) is 26.9 Å². The van der Waals surface area contributed by atoms with Gasteiger partial charge < -0.3 is 10.6 Å². The second kappa shape index (κ2) is 6.95. The Labute approximate surface area is 133 Å². The lowest BCUT2D eigenvalue weighted by Gasteiger charge is -2.07. The van der Waals surface area contributed by atoms with Crippen LogP contribution in [0.15, 0.2) is 35.1 Å². The highest BCUT2D eigenvalue weighted by atomic mass is 16.2. The Morgan fingerprint density at radius 2 is 1.70 bits per heavy atom. The lowest BCUT2D eigenvalue weighted by molar-refractivity contribution is -0.124. The largest absolute Gasteiger partial charge is 0.359 e. The molecule has 7 nitrogen and oxygen atoms in total. The van der Waals surface area contributed by atoms with Gasteiger partial charge in [-0.3, -0.25) is 19.1 Å². The summed E-state index contributed by atoms with van der Waals surface area (Å²) >= 11 is 0. The predicted molar refractivity (Wildman–Crippen MR) is 87.7 cm³/mol. The molecule has 0 unspecified atom stereocenters. The number of anilines is 1. The van der Waals surface area contributed by atoms with E-state index in [9.17, 15) is 14.4 Å². The van der Waals surface area contributed by atoms with E-state index in [1.807, 2.05) is 30.3 Å². The Morgan fingerprint density at radius 1 is 1.09 bits per heavy atom. The summed E-state index contributed by atoms with van der Waals surface area (Å²) in [6.45, 7) is 1.76. The van der Waals surface area contributed by atoms with Crippen molar-refractivity contribution in [3.8, 4) is 5.69 Å². The van der Waals surface area contributed by atoms with Gasteiger partial charge in [0.1, 0.15) is 5.69 Å². The topological polar surface area (TPSA) is 85.1 Å². The first-order chi connectivity index (χ1) is 11.0. The maximum absolute atomic E-state index is 12.6. The van der Waals surface area contributed by atoms with E-state index in [-0.39, 0.29) is 35.9 Å². The molecule has 0 spiro atoms. The van der Waals surface area contributed by atoms with Crippen LogP contribution < -0.4 is 16.2 Å². The van der Waals surface area contributed by atoms with Crippen LogP contribution in [-0.4, -0.2) is 28.2 Å². The summed E-state index contributed by atoms with van der Waals surface area (Å²) in [6.07, 6.45) is 0.111. The van der Waals surface area contributed by atoms with Gasteiger partial charge in [0.15, 0.2) is 0 Å². The first-order valence-electron chi connectivity index (χ1n) is 7.30. The fourth-order valence-corrected chi connectivity index (χ4v) is 2.27. The highest BCUT2D eigenvalue weighted by Crippen LogP contribution is 2.14. The van der Waals surface area contributed by atoms with Crippen LogP contribution in [0.25, 0.3) is 5.69 Å². The fourth-order valence-electron chi connectivity index (χ4n) is 2.27. The van der Waals surface area contributed by atoms with Gasteiger partial charge in [-0.2, -0.15) is 0 Å². The van der Waals surface area contributed by atoms with E-state index < -0.39 is 0 Å². The molecular weight excluding hydrogens is 296 g/mol. The number of carbonyl (C=O) groups is 2. The molecule has 0 fully saturated rings. The Balaban J connectivity index is 2.26. The molecule has 7 heteroatoms. The minimum atomic E-state index is -0.361. The van der Waals surface area contributed by atoms with Crippen LogP contribution in [0.3, 0.4) is 0 Å². The fraction of sp³-hybridized carbons (Fsp3) is 0.312. The quantitative estimate of drug-likeness (QED) is 0.861. The summed E-state index contributed by atoms with van der Waals surface area (Å²) in [5, 5.41) is 5.07. The van der Waals surface area contributed by atoms with Crippen LogP contribution in [0.4, 0.5) is 5.69 Å². The van der Waals surface area contributed by atoms with Crippen molar-refractivity contribution in [1.82, 2.24) is 14.7 Å². The molecule has 2 aromatic rings. The molecule has 23 heavy (non-hydrogen) atoms. The van der Waals surface area contributed by atoms with Crippen molar-refractivity contribution < 1.29 is 9.59 Å². The zero-order valence-electron chi connectivity index (χ0n) is 13.4. The molecule has 0 atom stereocenters. The van der Waals surface area contributed by atoms with Gasteiger partial charge in [-0.1, -0.05) is 18.2 Å². The molecule has 0 bridgehead atoms. The summed E-state index contributed by atoms with van der Waals surface area (Å²) in [7, 11) is 3.27. The first kappa shape index (κ1) is 16.5. The van der Waals surface area contributed by atoms with Crippen LogP contribution in [0.5, 0.6) is 0 Å². The van der Waals surface area contributed by atoms with Crippen molar-refractivity contribution in [3.05, 3.63) is 46.4 Å². The number of hydrogen-bond acceptors (Lipinski definition) is 3. The van der Waals surface area contributed by atoms with E-state index in [1.54, 1.807) is 18.7 Å². The van der Waals surface area contributed by atoms with Gasteiger partial charge in [-0.15, -0.1) is 0 Å². The Kier molecular flexibility index (Phi) is 5.00. The molecule has 0 aliphatic rings. The SMILES string of the molecule is CNC(=O)CCC(=O)Nc1c(C)n(C)n(-c2ccccc2)c1=O. The van der Waals surface area contributed by atoms with E-state index in [2.05, 4.69) is 10.6 Å². The van der Waals surface area contributed by atoms with E-state index in [4.69, 9.17) is 0 Å². The minimum absolute atomic E-state index is 0.0266. The third-order valence-electron chi connectivity index (χ3n) is 3.68. The summed E-state index contributed by atoms with van der Waals surface area (Å²) in [6, 6.07) is 9.18. The van der Waals surface area contributed by atoms with E-state index >= 15 is 0 Å². The van der Waals surface area contributed by atoms with Crippen molar-refractivity contribution in [2.24, 2.45) is 7.05 Å². The molecule has 0 aliphatic carbocycles. The van der Waals surface area contributed by atoms with Gasteiger partial charge in [0.05, 0.1) is 11.4 Å². The van der Waals surface area contributed by atoms with Crippen molar-refractivity contribution in [2.75, 3.05) is 12.4 Å². The van der Waals surface area contributed by atoms with Crippen LogP contribution in [0, 0.1) is 6.92 Å². The Morgan fingerprint density at radius 3 is 2.30 bits per heavy atom. The van der Waals surface area contributed by atoms with E-state index in [0.29, 0.717) is 11.4 Å². The van der Waals surface area contributed by atoms with Gasteiger partial charge in [0.25, 0.3) is 5.56 Å². The van der Waals surface area contributed by atoms with Crippen molar-refractivity contribution in [1.29, 1.82) is 0 Å². The number of amides is 2. The molecule has 122 valence electrons. The average Bonchev–Trinajstić information content (AvgIpc) is 2.77. The predicted octanol–water partition coefficient (Wildman–Crippen LogP) is 0.949. The molecule has 1 heterocycles. The molecule has 0 aliphatic heterocycles. The molecule has 1 aromatic carbocycles. The highest BCUT2D eigenvalue weighted by molar-refractivity contribution is 5.93. The highest BCUT2D eigenvalue weighted by Gasteiger charge is 2.18. The van der Waals surface area contributed by atoms with Gasteiger partial charge in [-0.05, 0) is 19.1 Å². The third kappa shape index (κ3) is 3.50. The number of aromatic nitrogens is 2. The molecule has 0 saturated carbocycles. The number of nitrogens with zero attached hydrogens (tertiary/aromatic N) is 2. The summed E-state index contributed by atoms with van der Waals surface area (Å²) in [4.78, 5) is 35.7. The van der Waals surface area contributed by atoms with Gasteiger partial charge >= 0.3 is 0 Å². The zero-order chi connectivity index (χ0) is 17.0. The van der Waals surface area contributed by atoms with E-state index in [1.165, 1.54) is 11.7 Å². The second-order valence-corrected chi connectivity index (χ2v) is 5.16. The molecule has 1 aromatic heterocycles. The van der Waals surface area contributed by atoms with Crippen LogP contribution in [0.1, 0.15) is 18.5 Å². The standard InChI is InChI=1S/C16H20N4O3/c1-11-15(18-14(22)10-9-13(21)17-2)16(23)20(19(11)3)12-7-5-4-6-8-12/h4-8H,9-10H2,1-3H3,(H,17,21)(H,18,22). The van der Waals surface area contributed by atoms with Crippen LogP contribution >= 0.6 is 0 Å². The summed E-state index contributed by atoms with van der Waals surface area (Å²) < 4.78 is 3.18. The molecule has 0 saturated heterocycles. The summed E-state index contributed by atoms with van der Waals surface area (Å²) in [5.41, 5.74) is 1.30. The number of carbonyl (C=O) groups excluding carboxylic acids is 2. The summed E-state index contributed by atoms with van der Waals surface area (Å²) in [5.74, 6) is -0.578. The molecule has 2 N–H and O–H groups in total. The van der Waals surface area contributed by atoms with Gasteiger partial charge in [-0.25, -0.2) is 4.68 Å². The molecule has 2 rings (SSSR count). The third-order valence-corrected chi connectivity index (χ3v) is 3.68. The van der Waals surface area contributed by atoms with Crippen molar-refractivity contribution in [2.45, 2.75) is 19.8 Å². The number of para-hydroxylation sites is 1. The van der Waals surface area contributed by atoms with Crippen molar-refractivity contribution in [3.63, 3.8) is 0 Å². The smallest absolute Gasteiger partial charge is 0.295 e.